The third-order valence-corrected chi connectivity index (χ3v) is 4.95. The Balaban J connectivity index is 2.41. The topological polar surface area (TPSA) is 55.4 Å². The summed E-state index contributed by atoms with van der Waals surface area (Å²) >= 11 is 3.27. The first-order valence-corrected chi connectivity index (χ1v) is 7.51. The molecule has 1 aromatic carbocycles. The van der Waals surface area contributed by atoms with Gasteiger partial charge in [-0.25, -0.2) is 13.1 Å². The zero-order valence-electron chi connectivity index (χ0n) is 9.66. The number of benzene rings is 1. The largest absolute Gasteiger partial charge is 0.495 e. The molecule has 94 valence electrons. The van der Waals surface area contributed by atoms with E-state index in [4.69, 9.17) is 4.74 Å². The minimum absolute atomic E-state index is 0.169. The van der Waals surface area contributed by atoms with Crippen molar-refractivity contribution >= 4 is 26.0 Å². The Morgan fingerprint density at radius 1 is 1.41 bits per heavy atom. The van der Waals surface area contributed by atoms with E-state index in [9.17, 15) is 8.42 Å². The highest BCUT2D eigenvalue weighted by Crippen LogP contribution is 2.37. The van der Waals surface area contributed by atoms with Gasteiger partial charge in [0.05, 0.1) is 7.11 Å². The molecule has 1 fully saturated rings. The second-order valence-electron chi connectivity index (χ2n) is 4.46. The molecule has 1 saturated carbocycles. The lowest BCUT2D eigenvalue weighted by molar-refractivity contribution is 0.402. The third-order valence-electron chi connectivity index (χ3n) is 2.80. The summed E-state index contributed by atoms with van der Waals surface area (Å²) < 4.78 is 32.9. The molecule has 0 aromatic heterocycles. The molecule has 0 aliphatic heterocycles. The summed E-state index contributed by atoms with van der Waals surface area (Å²) in [5, 5.41) is 0. The van der Waals surface area contributed by atoms with Gasteiger partial charge in [0, 0.05) is 10.0 Å². The zero-order valence-corrected chi connectivity index (χ0v) is 12.1. The first kappa shape index (κ1) is 12.9. The summed E-state index contributed by atoms with van der Waals surface area (Å²) in [4.78, 5) is 0.169. The van der Waals surface area contributed by atoms with E-state index in [1.54, 1.807) is 18.2 Å². The van der Waals surface area contributed by atoms with Crippen molar-refractivity contribution in [3.8, 4) is 5.75 Å². The molecule has 0 radical (unpaired) electrons. The van der Waals surface area contributed by atoms with Crippen LogP contribution >= 0.6 is 15.9 Å². The van der Waals surface area contributed by atoms with Gasteiger partial charge < -0.3 is 4.74 Å². The molecule has 2 rings (SSSR count). The number of hydrogen-bond donors (Lipinski definition) is 1. The average Bonchev–Trinajstić information content (AvgIpc) is 2.95. The van der Waals surface area contributed by atoms with Crippen LogP contribution in [0.1, 0.15) is 19.8 Å². The van der Waals surface area contributed by atoms with Gasteiger partial charge in [-0.2, -0.15) is 0 Å². The van der Waals surface area contributed by atoms with Crippen molar-refractivity contribution in [1.82, 2.24) is 4.72 Å². The number of rotatable bonds is 4. The van der Waals surface area contributed by atoms with Gasteiger partial charge >= 0.3 is 0 Å². The summed E-state index contributed by atoms with van der Waals surface area (Å²) in [5.74, 6) is 0.352. The van der Waals surface area contributed by atoms with Crippen molar-refractivity contribution in [3.05, 3.63) is 22.7 Å². The van der Waals surface area contributed by atoms with Crippen LogP contribution in [0.2, 0.25) is 0 Å². The molecule has 0 amide bonds. The van der Waals surface area contributed by atoms with Crippen molar-refractivity contribution < 1.29 is 13.2 Å². The van der Waals surface area contributed by atoms with Crippen molar-refractivity contribution in [2.45, 2.75) is 30.2 Å². The fraction of sp³-hybridized carbons (Fsp3) is 0.455. The van der Waals surface area contributed by atoms with Gasteiger partial charge in [0.15, 0.2) is 0 Å². The number of methoxy groups -OCH3 is 1. The standard InChI is InChI=1S/C11H14BrNO3S/c1-11(5-6-11)13-17(14,15)10-7-8(12)3-4-9(10)16-2/h3-4,7,13H,5-6H2,1-2H3. The molecule has 0 saturated heterocycles. The summed E-state index contributed by atoms with van der Waals surface area (Å²) in [7, 11) is -2.07. The van der Waals surface area contributed by atoms with E-state index < -0.39 is 10.0 Å². The Labute approximate surface area is 110 Å². The van der Waals surface area contributed by atoms with Gasteiger partial charge in [0.25, 0.3) is 0 Å². The van der Waals surface area contributed by atoms with Crippen LogP contribution in [-0.2, 0) is 10.0 Å². The summed E-state index contributed by atoms with van der Waals surface area (Å²) in [6.07, 6.45) is 1.76. The first-order valence-electron chi connectivity index (χ1n) is 5.24. The van der Waals surface area contributed by atoms with Crippen LogP contribution in [0.15, 0.2) is 27.6 Å². The Kier molecular flexibility index (Phi) is 3.22. The van der Waals surface area contributed by atoms with E-state index >= 15 is 0 Å². The first-order chi connectivity index (χ1) is 7.86. The maximum Gasteiger partial charge on any atom is 0.244 e. The van der Waals surface area contributed by atoms with Crippen molar-refractivity contribution in [1.29, 1.82) is 0 Å². The molecule has 1 aromatic rings. The lowest BCUT2D eigenvalue weighted by Gasteiger charge is -2.14. The molecule has 1 aliphatic carbocycles. The van der Waals surface area contributed by atoms with Crippen molar-refractivity contribution in [3.63, 3.8) is 0 Å². The molecular formula is C11H14BrNO3S. The van der Waals surface area contributed by atoms with Crippen molar-refractivity contribution in [2.75, 3.05) is 7.11 Å². The fourth-order valence-corrected chi connectivity index (χ4v) is 3.70. The highest BCUT2D eigenvalue weighted by molar-refractivity contribution is 9.10. The van der Waals surface area contributed by atoms with Crippen LogP contribution in [0.4, 0.5) is 0 Å². The van der Waals surface area contributed by atoms with E-state index in [0.717, 1.165) is 12.8 Å². The minimum Gasteiger partial charge on any atom is -0.495 e. The molecule has 1 aliphatic rings. The SMILES string of the molecule is COc1ccc(Br)cc1S(=O)(=O)NC1(C)CC1. The molecule has 0 heterocycles. The van der Waals surface area contributed by atoms with Crippen LogP contribution in [0.5, 0.6) is 5.75 Å². The Morgan fingerprint density at radius 2 is 2.06 bits per heavy atom. The summed E-state index contributed by atoms with van der Waals surface area (Å²) in [6.45, 7) is 1.90. The molecule has 6 heteroatoms. The van der Waals surface area contributed by atoms with E-state index in [0.29, 0.717) is 10.2 Å². The van der Waals surface area contributed by atoms with Crippen LogP contribution in [0, 0.1) is 0 Å². The fourth-order valence-electron chi connectivity index (χ4n) is 1.53. The Hall–Kier alpha value is -0.590. The molecule has 0 atom stereocenters. The number of halogens is 1. The molecule has 0 unspecified atom stereocenters. The smallest absolute Gasteiger partial charge is 0.244 e. The molecule has 17 heavy (non-hydrogen) atoms. The van der Waals surface area contributed by atoms with Gasteiger partial charge in [0.2, 0.25) is 10.0 Å². The van der Waals surface area contributed by atoms with Crippen LogP contribution in [-0.4, -0.2) is 21.1 Å². The van der Waals surface area contributed by atoms with E-state index in [-0.39, 0.29) is 10.4 Å². The number of nitrogens with one attached hydrogen (secondary N) is 1. The van der Waals surface area contributed by atoms with Gasteiger partial charge in [-0.1, -0.05) is 15.9 Å². The average molecular weight is 320 g/mol. The highest BCUT2D eigenvalue weighted by Gasteiger charge is 2.41. The van der Waals surface area contributed by atoms with E-state index in [2.05, 4.69) is 20.7 Å². The monoisotopic (exact) mass is 319 g/mol. The number of sulfonamides is 1. The van der Waals surface area contributed by atoms with Gasteiger partial charge in [-0.3, -0.25) is 0 Å². The second-order valence-corrected chi connectivity index (χ2v) is 7.03. The molecular weight excluding hydrogens is 306 g/mol. The Bertz CT molecular complexity index is 538. The van der Waals surface area contributed by atoms with Crippen LogP contribution in [0.3, 0.4) is 0 Å². The zero-order chi connectivity index (χ0) is 12.7. The van der Waals surface area contributed by atoms with Gasteiger partial charge in [-0.15, -0.1) is 0 Å². The highest BCUT2D eigenvalue weighted by atomic mass is 79.9. The summed E-state index contributed by atoms with van der Waals surface area (Å²) in [6, 6.07) is 4.93. The Morgan fingerprint density at radius 3 is 2.59 bits per heavy atom. The second kappa shape index (κ2) is 4.26. The van der Waals surface area contributed by atoms with Crippen molar-refractivity contribution in [2.24, 2.45) is 0 Å². The lowest BCUT2D eigenvalue weighted by Crippen LogP contribution is -2.34. The van der Waals surface area contributed by atoms with Crippen LogP contribution in [0.25, 0.3) is 0 Å². The van der Waals surface area contributed by atoms with E-state index in [1.165, 1.54) is 7.11 Å². The predicted molar refractivity (Wildman–Crippen MR) is 68.7 cm³/mol. The van der Waals surface area contributed by atoms with Gasteiger partial charge in [0.1, 0.15) is 10.6 Å². The van der Waals surface area contributed by atoms with Crippen LogP contribution < -0.4 is 9.46 Å². The normalized spacial score (nSPS) is 17.8. The summed E-state index contributed by atoms with van der Waals surface area (Å²) in [5.41, 5.74) is -0.286. The minimum atomic E-state index is -3.53. The quantitative estimate of drug-likeness (QED) is 0.926. The lowest BCUT2D eigenvalue weighted by atomic mass is 10.3. The number of ether oxygens (including phenoxy) is 1. The maximum absolute atomic E-state index is 12.2. The molecule has 1 N–H and O–H groups in total. The van der Waals surface area contributed by atoms with Gasteiger partial charge in [-0.05, 0) is 38.0 Å². The molecule has 0 bridgehead atoms. The molecule has 4 nitrogen and oxygen atoms in total. The number of hydrogen-bond acceptors (Lipinski definition) is 3. The third kappa shape index (κ3) is 2.81. The maximum atomic E-state index is 12.2. The van der Waals surface area contributed by atoms with E-state index in [1.807, 2.05) is 6.92 Å². The molecule has 0 spiro atoms. The predicted octanol–water partition coefficient (Wildman–Crippen LogP) is 2.29.